The first kappa shape index (κ1) is 15.2. The number of benzene rings is 1. The van der Waals surface area contributed by atoms with E-state index in [1.54, 1.807) is 18.5 Å². The van der Waals surface area contributed by atoms with Crippen molar-refractivity contribution in [2.75, 3.05) is 6.61 Å². The molecule has 0 fully saturated rings. The van der Waals surface area contributed by atoms with E-state index in [0.29, 0.717) is 24.3 Å². The summed E-state index contributed by atoms with van der Waals surface area (Å²) in [5.41, 5.74) is 3.03. The second-order valence-electron chi connectivity index (χ2n) is 5.17. The molecule has 1 aromatic carbocycles. The number of nitrogens with zero attached hydrogens (tertiary/aromatic N) is 1. The molecule has 0 aliphatic carbocycles. The first-order valence-corrected chi connectivity index (χ1v) is 7.35. The number of rotatable bonds is 7. The largest absolute Gasteiger partial charge is 0.492 e. The lowest BCUT2D eigenvalue weighted by Crippen LogP contribution is -2.03. The number of aromatic nitrogens is 1. The smallest absolute Gasteiger partial charge is 0.164 e. The second-order valence-corrected chi connectivity index (χ2v) is 5.17. The number of ether oxygens (including phenoxy) is 1. The summed E-state index contributed by atoms with van der Waals surface area (Å²) in [6, 6.07) is 10.0. The maximum Gasteiger partial charge on any atom is 0.164 e. The van der Waals surface area contributed by atoms with E-state index in [1.165, 1.54) is 11.1 Å². The number of hydrogen-bond donors (Lipinski definition) is 0. The third-order valence-corrected chi connectivity index (χ3v) is 3.23. The summed E-state index contributed by atoms with van der Waals surface area (Å²) in [5.74, 6) is 0.768. The molecule has 0 aliphatic rings. The second kappa shape index (κ2) is 7.58. The number of carbonyl (C=O) groups is 1. The Balaban J connectivity index is 1.96. The molecule has 110 valence electrons. The topological polar surface area (TPSA) is 39.2 Å². The SMILES string of the molecule is CCCOc1cncc(C(=O)CCc2cccc(C)c2)c1. The third kappa shape index (κ3) is 4.71. The molecule has 0 bridgehead atoms. The van der Waals surface area contributed by atoms with Gasteiger partial charge in [0.1, 0.15) is 5.75 Å². The molecular weight excluding hydrogens is 262 g/mol. The van der Waals surface area contributed by atoms with E-state index in [4.69, 9.17) is 4.74 Å². The molecule has 2 aromatic rings. The minimum atomic E-state index is 0.103. The zero-order valence-electron chi connectivity index (χ0n) is 12.6. The number of carbonyl (C=O) groups excluding carboxylic acids is 1. The van der Waals surface area contributed by atoms with Crippen molar-refractivity contribution in [2.45, 2.75) is 33.1 Å². The van der Waals surface area contributed by atoms with Gasteiger partial charge in [0, 0.05) is 18.2 Å². The summed E-state index contributed by atoms with van der Waals surface area (Å²) >= 11 is 0. The molecule has 0 spiro atoms. The van der Waals surface area contributed by atoms with E-state index in [9.17, 15) is 4.79 Å². The first-order valence-electron chi connectivity index (χ1n) is 7.35. The number of ketones is 1. The molecular formula is C18H21NO2. The van der Waals surface area contributed by atoms with E-state index >= 15 is 0 Å². The highest BCUT2D eigenvalue weighted by atomic mass is 16.5. The van der Waals surface area contributed by atoms with Crippen molar-refractivity contribution >= 4 is 5.78 Å². The molecule has 1 aromatic heterocycles. The van der Waals surface area contributed by atoms with E-state index in [-0.39, 0.29) is 5.78 Å². The Kier molecular flexibility index (Phi) is 5.50. The highest BCUT2D eigenvalue weighted by Gasteiger charge is 2.08. The molecule has 0 saturated carbocycles. The normalized spacial score (nSPS) is 10.4. The monoisotopic (exact) mass is 283 g/mol. The Bertz CT molecular complexity index is 608. The number of aryl methyl sites for hydroxylation is 2. The van der Waals surface area contributed by atoms with Crippen LogP contribution in [-0.4, -0.2) is 17.4 Å². The standard InChI is InChI=1S/C18H21NO2/c1-3-9-21-17-11-16(12-19-13-17)18(20)8-7-15-6-4-5-14(2)10-15/h4-6,10-13H,3,7-9H2,1-2H3. The van der Waals surface area contributed by atoms with Crippen molar-refractivity contribution in [3.63, 3.8) is 0 Å². The summed E-state index contributed by atoms with van der Waals surface area (Å²) in [4.78, 5) is 16.3. The van der Waals surface area contributed by atoms with Crippen molar-refractivity contribution in [1.29, 1.82) is 0 Å². The van der Waals surface area contributed by atoms with Gasteiger partial charge in [-0.3, -0.25) is 9.78 Å². The molecule has 0 aliphatic heterocycles. The molecule has 2 rings (SSSR count). The maximum absolute atomic E-state index is 12.2. The van der Waals surface area contributed by atoms with Gasteiger partial charge in [-0.25, -0.2) is 0 Å². The van der Waals surface area contributed by atoms with Crippen LogP contribution in [0.1, 0.15) is 41.3 Å². The van der Waals surface area contributed by atoms with Crippen LogP contribution in [0.4, 0.5) is 0 Å². The van der Waals surface area contributed by atoms with Crippen LogP contribution in [0.2, 0.25) is 0 Å². The van der Waals surface area contributed by atoms with Crippen LogP contribution in [0, 0.1) is 6.92 Å². The van der Waals surface area contributed by atoms with Gasteiger partial charge in [-0.2, -0.15) is 0 Å². The molecule has 0 amide bonds. The Hall–Kier alpha value is -2.16. The number of Topliss-reactive ketones (excluding diaryl/α,β-unsaturated/α-hetero) is 1. The first-order chi connectivity index (χ1) is 10.2. The summed E-state index contributed by atoms with van der Waals surface area (Å²) in [6.07, 6.45) is 5.43. The van der Waals surface area contributed by atoms with Crippen LogP contribution in [0.3, 0.4) is 0 Å². The number of hydrogen-bond acceptors (Lipinski definition) is 3. The van der Waals surface area contributed by atoms with Gasteiger partial charge in [0.15, 0.2) is 5.78 Å². The van der Waals surface area contributed by atoms with Gasteiger partial charge in [-0.05, 0) is 31.4 Å². The summed E-state index contributed by atoms with van der Waals surface area (Å²) in [7, 11) is 0. The summed E-state index contributed by atoms with van der Waals surface area (Å²) in [6.45, 7) is 4.75. The van der Waals surface area contributed by atoms with Crippen LogP contribution < -0.4 is 4.74 Å². The fourth-order valence-corrected chi connectivity index (χ4v) is 2.14. The molecule has 3 heteroatoms. The lowest BCUT2D eigenvalue weighted by atomic mass is 10.0. The van der Waals surface area contributed by atoms with Gasteiger partial charge in [0.2, 0.25) is 0 Å². The summed E-state index contributed by atoms with van der Waals surface area (Å²) < 4.78 is 5.51. The van der Waals surface area contributed by atoms with Gasteiger partial charge < -0.3 is 4.74 Å². The molecule has 1 heterocycles. The highest BCUT2D eigenvalue weighted by molar-refractivity contribution is 5.96. The van der Waals surface area contributed by atoms with Gasteiger partial charge >= 0.3 is 0 Å². The zero-order valence-corrected chi connectivity index (χ0v) is 12.6. The van der Waals surface area contributed by atoms with Crippen molar-refractivity contribution in [2.24, 2.45) is 0 Å². The lowest BCUT2D eigenvalue weighted by Gasteiger charge is -2.06. The zero-order chi connectivity index (χ0) is 15.1. The predicted molar refractivity (Wildman–Crippen MR) is 83.9 cm³/mol. The Labute approximate surface area is 126 Å². The Morgan fingerprint density at radius 3 is 2.86 bits per heavy atom. The van der Waals surface area contributed by atoms with Gasteiger partial charge in [-0.15, -0.1) is 0 Å². The fourth-order valence-electron chi connectivity index (χ4n) is 2.14. The molecule has 0 radical (unpaired) electrons. The van der Waals surface area contributed by atoms with Gasteiger partial charge in [0.05, 0.1) is 12.8 Å². The van der Waals surface area contributed by atoms with E-state index in [1.807, 2.05) is 13.0 Å². The Morgan fingerprint density at radius 1 is 1.24 bits per heavy atom. The van der Waals surface area contributed by atoms with Gasteiger partial charge in [-0.1, -0.05) is 36.8 Å². The van der Waals surface area contributed by atoms with Gasteiger partial charge in [0.25, 0.3) is 0 Å². The average molecular weight is 283 g/mol. The minimum Gasteiger partial charge on any atom is -0.492 e. The lowest BCUT2D eigenvalue weighted by molar-refractivity contribution is 0.0982. The van der Waals surface area contributed by atoms with E-state index in [2.05, 4.69) is 30.1 Å². The molecule has 0 saturated heterocycles. The van der Waals surface area contributed by atoms with Crippen LogP contribution in [0.15, 0.2) is 42.7 Å². The van der Waals surface area contributed by atoms with Crippen LogP contribution in [0.5, 0.6) is 5.75 Å². The maximum atomic E-state index is 12.2. The van der Waals surface area contributed by atoms with Crippen molar-refractivity contribution < 1.29 is 9.53 Å². The molecule has 0 unspecified atom stereocenters. The molecule has 0 atom stereocenters. The molecule has 3 nitrogen and oxygen atoms in total. The highest BCUT2D eigenvalue weighted by Crippen LogP contribution is 2.15. The van der Waals surface area contributed by atoms with Crippen LogP contribution in [0.25, 0.3) is 0 Å². The van der Waals surface area contributed by atoms with Crippen molar-refractivity contribution in [1.82, 2.24) is 4.98 Å². The van der Waals surface area contributed by atoms with Crippen LogP contribution in [-0.2, 0) is 6.42 Å². The quantitative estimate of drug-likeness (QED) is 0.721. The van der Waals surface area contributed by atoms with E-state index in [0.717, 1.165) is 12.8 Å². The predicted octanol–water partition coefficient (Wildman–Crippen LogP) is 3.99. The average Bonchev–Trinajstić information content (AvgIpc) is 2.51. The molecule has 0 N–H and O–H groups in total. The third-order valence-electron chi connectivity index (χ3n) is 3.23. The summed E-state index contributed by atoms with van der Waals surface area (Å²) in [5, 5.41) is 0. The van der Waals surface area contributed by atoms with Crippen molar-refractivity contribution in [3.8, 4) is 5.75 Å². The van der Waals surface area contributed by atoms with Crippen LogP contribution >= 0.6 is 0 Å². The van der Waals surface area contributed by atoms with E-state index < -0.39 is 0 Å². The number of pyridine rings is 1. The van der Waals surface area contributed by atoms with Crippen molar-refractivity contribution in [3.05, 3.63) is 59.4 Å². The molecule has 21 heavy (non-hydrogen) atoms. The fraction of sp³-hybridized carbons (Fsp3) is 0.333. The minimum absolute atomic E-state index is 0.103. The Morgan fingerprint density at radius 2 is 2.10 bits per heavy atom.